The molecule has 0 aliphatic heterocycles. The summed E-state index contributed by atoms with van der Waals surface area (Å²) in [6, 6.07) is 16.9. The van der Waals surface area contributed by atoms with Crippen molar-refractivity contribution >= 4 is 26.0 Å². The highest BCUT2D eigenvalue weighted by molar-refractivity contribution is 9.10. The van der Waals surface area contributed by atoms with E-state index in [2.05, 4.69) is 21.2 Å². The van der Waals surface area contributed by atoms with Gasteiger partial charge in [-0.1, -0.05) is 30.3 Å². The Kier molecular flexibility index (Phi) is 8.85. The first-order valence-corrected chi connectivity index (χ1v) is 12.8. The van der Waals surface area contributed by atoms with Crippen LogP contribution in [0.2, 0.25) is 0 Å². The molecule has 3 N–H and O–H groups in total. The summed E-state index contributed by atoms with van der Waals surface area (Å²) in [6.07, 6.45) is 0.730. The minimum atomic E-state index is -3.68. The standard InChI is InChI=1S/C24H26BrFN2O4S/c1-2-31-23-14-18(13-21(25)24(23)32-16-19-5-3-4-6-22(19)26)15-28-12-11-17-7-9-20(10-8-17)33(27,29)30/h3-10,13-14,28H,2,11-12,15-16H2,1H3,(H2,27,29,30). The molecule has 6 nitrogen and oxygen atoms in total. The van der Waals surface area contributed by atoms with Gasteiger partial charge in [-0.3, -0.25) is 0 Å². The van der Waals surface area contributed by atoms with E-state index in [1.165, 1.54) is 18.2 Å². The van der Waals surface area contributed by atoms with E-state index in [-0.39, 0.29) is 17.3 Å². The Morgan fingerprint density at radius 2 is 1.76 bits per heavy atom. The third-order valence-corrected chi connectivity index (χ3v) is 6.39. The summed E-state index contributed by atoms with van der Waals surface area (Å²) < 4.78 is 48.9. The van der Waals surface area contributed by atoms with E-state index in [4.69, 9.17) is 14.6 Å². The fourth-order valence-electron chi connectivity index (χ4n) is 3.20. The van der Waals surface area contributed by atoms with Gasteiger partial charge in [0.25, 0.3) is 0 Å². The van der Waals surface area contributed by atoms with E-state index in [1.54, 1.807) is 30.3 Å². The summed E-state index contributed by atoms with van der Waals surface area (Å²) in [5.41, 5.74) is 2.46. The minimum Gasteiger partial charge on any atom is -0.490 e. The van der Waals surface area contributed by atoms with Crippen molar-refractivity contribution in [2.75, 3.05) is 13.2 Å². The molecule has 0 fully saturated rings. The molecule has 0 saturated carbocycles. The van der Waals surface area contributed by atoms with E-state index in [0.29, 0.717) is 36.8 Å². The number of primary sulfonamides is 1. The lowest BCUT2D eigenvalue weighted by Gasteiger charge is -2.16. The number of hydrogen-bond acceptors (Lipinski definition) is 5. The van der Waals surface area contributed by atoms with Crippen LogP contribution in [0.3, 0.4) is 0 Å². The molecule has 0 saturated heterocycles. The van der Waals surface area contributed by atoms with E-state index in [9.17, 15) is 12.8 Å². The highest BCUT2D eigenvalue weighted by Crippen LogP contribution is 2.37. The van der Waals surface area contributed by atoms with Crippen LogP contribution in [-0.4, -0.2) is 21.6 Å². The Morgan fingerprint density at radius 3 is 2.42 bits per heavy atom. The number of nitrogens with one attached hydrogen (secondary N) is 1. The van der Waals surface area contributed by atoms with Gasteiger partial charge < -0.3 is 14.8 Å². The first-order valence-electron chi connectivity index (χ1n) is 10.4. The van der Waals surface area contributed by atoms with Gasteiger partial charge in [0.2, 0.25) is 10.0 Å². The smallest absolute Gasteiger partial charge is 0.238 e. The van der Waals surface area contributed by atoms with Crippen molar-refractivity contribution in [2.24, 2.45) is 5.14 Å². The molecule has 0 radical (unpaired) electrons. The number of rotatable bonds is 11. The van der Waals surface area contributed by atoms with Crippen molar-refractivity contribution in [2.45, 2.75) is 31.4 Å². The number of halogens is 2. The average molecular weight is 537 g/mol. The van der Waals surface area contributed by atoms with Gasteiger partial charge in [0.1, 0.15) is 12.4 Å². The summed E-state index contributed by atoms with van der Waals surface area (Å²) in [5.74, 6) is 0.795. The van der Waals surface area contributed by atoms with Crippen LogP contribution in [0.15, 0.2) is 70.0 Å². The van der Waals surface area contributed by atoms with Crippen LogP contribution in [0.5, 0.6) is 11.5 Å². The Labute approximate surface area is 202 Å². The summed E-state index contributed by atoms with van der Waals surface area (Å²) in [4.78, 5) is 0.102. The Balaban J connectivity index is 1.60. The summed E-state index contributed by atoms with van der Waals surface area (Å²) in [5, 5.41) is 8.49. The molecule has 0 amide bonds. The number of sulfonamides is 1. The van der Waals surface area contributed by atoms with E-state index in [0.717, 1.165) is 22.0 Å². The van der Waals surface area contributed by atoms with Gasteiger partial charge in [-0.05, 0) is 77.3 Å². The topological polar surface area (TPSA) is 90.6 Å². The van der Waals surface area contributed by atoms with Gasteiger partial charge >= 0.3 is 0 Å². The first kappa shape index (κ1) is 25.2. The number of nitrogens with two attached hydrogens (primary N) is 1. The zero-order chi connectivity index (χ0) is 23.8. The van der Waals surface area contributed by atoms with Crippen LogP contribution >= 0.6 is 15.9 Å². The highest BCUT2D eigenvalue weighted by atomic mass is 79.9. The molecule has 0 aliphatic rings. The molecule has 3 aromatic rings. The molecule has 0 unspecified atom stereocenters. The zero-order valence-electron chi connectivity index (χ0n) is 18.2. The van der Waals surface area contributed by atoms with Gasteiger partial charge in [0, 0.05) is 12.1 Å². The summed E-state index contributed by atoms with van der Waals surface area (Å²) >= 11 is 3.54. The third-order valence-electron chi connectivity index (χ3n) is 4.87. The lowest BCUT2D eigenvalue weighted by molar-refractivity contribution is 0.264. The molecular weight excluding hydrogens is 511 g/mol. The third kappa shape index (κ3) is 7.26. The van der Waals surface area contributed by atoms with Crippen LogP contribution in [-0.2, 0) is 29.6 Å². The molecule has 0 atom stereocenters. The molecule has 0 spiro atoms. The van der Waals surface area contributed by atoms with Crippen molar-refractivity contribution in [3.63, 3.8) is 0 Å². The second-order valence-corrected chi connectivity index (χ2v) is 9.75. The van der Waals surface area contributed by atoms with Crippen molar-refractivity contribution < 1.29 is 22.3 Å². The molecular formula is C24H26BrFN2O4S. The van der Waals surface area contributed by atoms with Crippen LogP contribution in [0.4, 0.5) is 4.39 Å². The second kappa shape index (κ2) is 11.6. The predicted octanol–water partition coefficient (Wildman–Crippen LogP) is 4.55. The molecule has 33 heavy (non-hydrogen) atoms. The molecule has 0 heterocycles. The number of hydrogen-bond donors (Lipinski definition) is 2. The molecule has 176 valence electrons. The minimum absolute atomic E-state index is 0.0905. The van der Waals surface area contributed by atoms with Crippen molar-refractivity contribution in [3.05, 3.63) is 87.6 Å². The molecule has 0 aromatic heterocycles. The molecule has 9 heteroatoms. The fraction of sp³-hybridized carbons (Fsp3) is 0.250. The molecule has 0 aliphatic carbocycles. The van der Waals surface area contributed by atoms with Crippen LogP contribution in [0, 0.1) is 5.82 Å². The Hall–Kier alpha value is -2.46. The van der Waals surface area contributed by atoms with E-state index < -0.39 is 10.0 Å². The fourth-order valence-corrected chi connectivity index (χ4v) is 4.32. The second-order valence-electron chi connectivity index (χ2n) is 7.33. The average Bonchev–Trinajstić information content (AvgIpc) is 2.77. The first-order chi connectivity index (χ1) is 15.8. The summed E-state index contributed by atoms with van der Waals surface area (Å²) in [7, 11) is -3.68. The van der Waals surface area contributed by atoms with Gasteiger partial charge in [0.05, 0.1) is 16.0 Å². The van der Waals surface area contributed by atoms with Gasteiger partial charge in [-0.25, -0.2) is 17.9 Å². The lowest BCUT2D eigenvalue weighted by atomic mass is 10.1. The maximum Gasteiger partial charge on any atom is 0.238 e. The van der Waals surface area contributed by atoms with Crippen molar-refractivity contribution in [3.8, 4) is 11.5 Å². The van der Waals surface area contributed by atoms with Crippen LogP contribution in [0.1, 0.15) is 23.6 Å². The lowest BCUT2D eigenvalue weighted by Crippen LogP contribution is -2.17. The molecule has 0 bridgehead atoms. The SMILES string of the molecule is CCOc1cc(CNCCc2ccc(S(N)(=O)=O)cc2)cc(Br)c1OCc1ccccc1F. The number of benzene rings is 3. The Morgan fingerprint density at radius 1 is 1.03 bits per heavy atom. The quantitative estimate of drug-likeness (QED) is 0.351. The molecule has 3 aromatic carbocycles. The maximum atomic E-state index is 13.9. The maximum absolute atomic E-state index is 13.9. The van der Waals surface area contributed by atoms with Crippen molar-refractivity contribution in [1.29, 1.82) is 0 Å². The Bertz CT molecular complexity index is 1190. The van der Waals surface area contributed by atoms with E-state index >= 15 is 0 Å². The van der Waals surface area contributed by atoms with Gasteiger partial charge in [-0.2, -0.15) is 0 Å². The van der Waals surface area contributed by atoms with Crippen molar-refractivity contribution in [1.82, 2.24) is 5.32 Å². The zero-order valence-corrected chi connectivity index (χ0v) is 20.6. The summed E-state index contributed by atoms with van der Waals surface area (Å²) in [6.45, 7) is 3.74. The van der Waals surface area contributed by atoms with Gasteiger partial charge in [-0.15, -0.1) is 0 Å². The number of ether oxygens (including phenoxy) is 2. The normalized spacial score (nSPS) is 11.4. The van der Waals surface area contributed by atoms with Crippen LogP contribution in [0.25, 0.3) is 0 Å². The van der Waals surface area contributed by atoms with Crippen LogP contribution < -0.4 is 19.9 Å². The largest absolute Gasteiger partial charge is 0.490 e. The van der Waals surface area contributed by atoms with E-state index in [1.807, 2.05) is 19.1 Å². The predicted molar refractivity (Wildman–Crippen MR) is 129 cm³/mol. The molecule has 3 rings (SSSR count). The highest BCUT2D eigenvalue weighted by Gasteiger charge is 2.14. The van der Waals surface area contributed by atoms with Gasteiger partial charge in [0.15, 0.2) is 11.5 Å². The monoisotopic (exact) mass is 536 g/mol.